The molecule has 0 heterocycles. The second-order valence-electron chi connectivity index (χ2n) is 13.0. The third-order valence-electron chi connectivity index (χ3n) is 9.49. The number of nitrogens with zero attached hydrogens (tertiary/aromatic N) is 3. The van der Waals surface area contributed by atoms with E-state index < -0.39 is 70.7 Å². The number of aromatic hydroxyl groups is 1. The van der Waals surface area contributed by atoms with Crippen molar-refractivity contribution in [1.82, 2.24) is 9.80 Å². The number of Topliss-reactive ketones (excluding diaryl/α,β-unsaturated/α-hetero) is 1. The first kappa shape index (κ1) is 34.0. The highest BCUT2D eigenvalue weighted by Crippen LogP contribution is 2.55. The van der Waals surface area contributed by atoms with Gasteiger partial charge in [-0.15, -0.1) is 0 Å². The number of primary amides is 1. The Hall–Kier alpha value is -4.33. The van der Waals surface area contributed by atoms with Crippen LogP contribution in [0.2, 0.25) is 0 Å². The number of aliphatic hydroxyl groups is 3. The largest absolute Gasteiger partial charge is 0.510 e. The van der Waals surface area contributed by atoms with Crippen molar-refractivity contribution in [2.24, 2.45) is 17.6 Å². The number of aliphatic hydroxyl groups excluding tert-OH is 2. The number of ketones is 1. The summed E-state index contributed by atoms with van der Waals surface area (Å²) in [6, 6.07) is 9.17. The van der Waals surface area contributed by atoms with Crippen LogP contribution >= 0.6 is 0 Å². The molecule has 0 aromatic heterocycles. The van der Waals surface area contributed by atoms with Gasteiger partial charge >= 0.3 is 6.18 Å². The number of hydrogen-bond donors (Lipinski definition) is 5. The Morgan fingerprint density at radius 1 is 1.09 bits per heavy atom. The standard InChI is InChI=1S/C34H39F3N4O6/c1-17-24(32(38)46)30(44)27(40(4)5)22-12-19-11-21-23(39(2)3)13-20(28(42)26(21)29(43)25(19)31(45)34(17,22)47)15-41(16-33(35,36)37)14-18-9-7-6-8-10-18/h6-10,13,19,22,27,42,44-45,47H,1,11-12,14-16H2,2-5H3,(H2,38,46)/t19?,22-,27-,34-/m0/s1. The number of amides is 1. The zero-order chi connectivity index (χ0) is 34.7. The number of fused-ring (bicyclic) bond motifs is 3. The molecule has 10 nitrogen and oxygen atoms in total. The molecule has 0 saturated heterocycles. The molecule has 3 aliphatic rings. The van der Waals surface area contributed by atoms with E-state index in [1.54, 1.807) is 74.4 Å². The maximum absolute atomic E-state index is 14.3. The fourth-order valence-corrected chi connectivity index (χ4v) is 7.54. The first-order valence-corrected chi connectivity index (χ1v) is 15.1. The first-order chi connectivity index (χ1) is 21.9. The van der Waals surface area contributed by atoms with Crippen molar-refractivity contribution >= 4 is 17.4 Å². The monoisotopic (exact) mass is 656 g/mol. The van der Waals surface area contributed by atoms with Gasteiger partial charge in [0.2, 0.25) is 0 Å². The zero-order valence-electron chi connectivity index (χ0n) is 26.6. The number of carbonyl (C=O) groups is 2. The highest BCUT2D eigenvalue weighted by atomic mass is 19.4. The summed E-state index contributed by atoms with van der Waals surface area (Å²) in [7, 11) is 6.66. The summed E-state index contributed by atoms with van der Waals surface area (Å²) in [6.07, 6.45) is -4.34. The summed E-state index contributed by atoms with van der Waals surface area (Å²) >= 11 is 0. The molecule has 1 amide bonds. The van der Waals surface area contributed by atoms with E-state index in [-0.39, 0.29) is 48.2 Å². The number of anilines is 1. The Morgan fingerprint density at radius 2 is 1.72 bits per heavy atom. The molecule has 0 bridgehead atoms. The third kappa shape index (κ3) is 5.76. The topological polar surface area (TPSA) is 151 Å². The van der Waals surface area contributed by atoms with Gasteiger partial charge in [0, 0.05) is 55.5 Å². The molecule has 2 aromatic rings. The fraction of sp³-hybridized carbons (Fsp3) is 0.412. The molecule has 1 unspecified atom stereocenters. The quantitative estimate of drug-likeness (QED) is 0.286. The molecule has 0 spiro atoms. The van der Waals surface area contributed by atoms with Gasteiger partial charge in [0.15, 0.2) is 11.4 Å². The van der Waals surface area contributed by atoms with Crippen LogP contribution in [-0.2, 0) is 24.3 Å². The smallest absolute Gasteiger partial charge is 0.401 e. The van der Waals surface area contributed by atoms with Crippen LogP contribution in [0, 0.1) is 11.8 Å². The number of allylic oxidation sites excluding steroid dienone is 1. The van der Waals surface area contributed by atoms with Crippen molar-refractivity contribution in [3.05, 3.63) is 93.5 Å². The second-order valence-corrected chi connectivity index (χ2v) is 13.0. The predicted octanol–water partition coefficient (Wildman–Crippen LogP) is 3.74. The lowest BCUT2D eigenvalue weighted by atomic mass is 9.57. The summed E-state index contributed by atoms with van der Waals surface area (Å²) in [5, 5.41) is 46.5. The molecule has 0 aliphatic heterocycles. The molecule has 47 heavy (non-hydrogen) atoms. The van der Waals surface area contributed by atoms with Crippen molar-refractivity contribution in [3.8, 4) is 5.75 Å². The van der Waals surface area contributed by atoms with E-state index in [0.29, 0.717) is 16.8 Å². The zero-order valence-corrected chi connectivity index (χ0v) is 26.6. The number of hydrogen-bond acceptors (Lipinski definition) is 9. The van der Waals surface area contributed by atoms with Crippen LogP contribution in [0.4, 0.5) is 18.9 Å². The second kappa shape index (κ2) is 12.0. The van der Waals surface area contributed by atoms with Gasteiger partial charge in [-0.3, -0.25) is 19.4 Å². The molecule has 6 N–H and O–H groups in total. The molecule has 13 heteroatoms. The van der Waals surface area contributed by atoms with E-state index in [9.17, 15) is 43.2 Å². The minimum atomic E-state index is -4.55. The molecule has 0 fully saturated rings. The highest BCUT2D eigenvalue weighted by molar-refractivity contribution is 6.15. The van der Waals surface area contributed by atoms with Crippen LogP contribution in [0.5, 0.6) is 5.75 Å². The molecule has 0 radical (unpaired) electrons. The molecular weight excluding hydrogens is 617 g/mol. The van der Waals surface area contributed by atoms with Crippen LogP contribution in [0.25, 0.3) is 0 Å². The normalized spacial score (nSPS) is 24.4. The van der Waals surface area contributed by atoms with Gasteiger partial charge < -0.3 is 31.1 Å². The summed E-state index contributed by atoms with van der Waals surface area (Å²) in [5.41, 5.74) is 3.62. The number of alkyl halides is 3. The summed E-state index contributed by atoms with van der Waals surface area (Å²) in [6.45, 7) is 2.09. The van der Waals surface area contributed by atoms with Crippen LogP contribution in [0.3, 0.4) is 0 Å². The Morgan fingerprint density at radius 3 is 2.28 bits per heavy atom. The average molecular weight is 657 g/mol. The number of rotatable bonds is 8. The average Bonchev–Trinajstić information content (AvgIpc) is 2.95. The SMILES string of the molecule is C=C1C(C(N)=O)=C(O)[C@@H](N(C)C)[C@@H]2CC3Cc4c(N(C)C)cc(CN(Cc5ccccc5)CC(F)(F)F)c(O)c4C(=O)C3=C(O)[C@]12O. The molecule has 2 aromatic carbocycles. The van der Waals surface area contributed by atoms with Crippen molar-refractivity contribution < 1.29 is 43.2 Å². The van der Waals surface area contributed by atoms with Gasteiger partial charge in [0.25, 0.3) is 5.91 Å². The molecule has 4 atom stereocenters. The predicted molar refractivity (Wildman–Crippen MR) is 169 cm³/mol. The van der Waals surface area contributed by atoms with Crippen molar-refractivity contribution in [2.75, 3.05) is 39.6 Å². The Labute approximate surface area is 270 Å². The van der Waals surface area contributed by atoms with E-state index in [0.717, 1.165) is 4.90 Å². The Balaban J connectivity index is 1.64. The molecule has 0 saturated carbocycles. The van der Waals surface area contributed by atoms with E-state index in [1.807, 2.05) is 0 Å². The lowest BCUT2D eigenvalue weighted by Gasteiger charge is -2.52. The van der Waals surface area contributed by atoms with Gasteiger partial charge in [-0.05, 0) is 50.0 Å². The van der Waals surface area contributed by atoms with Gasteiger partial charge in [0.1, 0.15) is 17.3 Å². The first-order valence-electron chi connectivity index (χ1n) is 15.1. The van der Waals surface area contributed by atoms with Gasteiger partial charge in [-0.25, -0.2) is 0 Å². The maximum Gasteiger partial charge on any atom is 0.401 e. The summed E-state index contributed by atoms with van der Waals surface area (Å²) < 4.78 is 41.1. The van der Waals surface area contributed by atoms with E-state index in [2.05, 4.69) is 6.58 Å². The van der Waals surface area contributed by atoms with E-state index >= 15 is 0 Å². The van der Waals surface area contributed by atoms with Gasteiger partial charge in [0.05, 0.1) is 23.7 Å². The number of carbonyl (C=O) groups excluding carboxylic acids is 2. The van der Waals surface area contributed by atoms with Crippen molar-refractivity contribution in [1.29, 1.82) is 0 Å². The van der Waals surface area contributed by atoms with Crippen LogP contribution < -0.4 is 10.6 Å². The Bertz CT molecular complexity index is 1700. The molecular formula is C34H39F3N4O6. The van der Waals surface area contributed by atoms with E-state index in [4.69, 9.17) is 5.73 Å². The van der Waals surface area contributed by atoms with Crippen molar-refractivity contribution in [3.63, 3.8) is 0 Å². The lowest BCUT2D eigenvalue weighted by molar-refractivity contribution is -0.148. The van der Waals surface area contributed by atoms with Gasteiger partial charge in [-0.2, -0.15) is 13.2 Å². The van der Waals surface area contributed by atoms with Crippen molar-refractivity contribution in [2.45, 2.75) is 43.8 Å². The minimum Gasteiger partial charge on any atom is -0.510 e. The number of nitrogens with two attached hydrogens (primary N) is 1. The fourth-order valence-electron chi connectivity index (χ4n) is 7.54. The molecule has 252 valence electrons. The Kier molecular flexibility index (Phi) is 8.71. The number of phenols is 1. The summed E-state index contributed by atoms with van der Waals surface area (Å²) in [5.74, 6) is -5.20. The summed E-state index contributed by atoms with van der Waals surface area (Å²) in [4.78, 5) is 31.1. The van der Waals surface area contributed by atoms with Crippen LogP contribution in [0.1, 0.15) is 33.5 Å². The third-order valence-corrected chi connectivity index (χ3v) is 9.49. The number of phenolic OH excluding ortho intramolecular Hbond substituents is 1. The van der Waals surface area contributed by atoms with Crippen LogP contribution in [0.15, 0.2) is 71.2 Å². The number of benzene rings is 2. The highest BCUT2D eigenvalue weighted by Gasteiger charge is 2.60. The lowest BCUT2D eigenvalue weighted by Crippen LogP contribution is -2.60. The van der Waals surface area contributed by atoms with E-state index in [1.165, 1.54) is 0 Å². The maximum atomic E-state index is 14.3. The molecule has 5 rings (SSSR count). The number of likely N-dealkylation sites (N-methyl/N-ethyl adjacent to an activating group) is 1. The van der Waals surface area contributed by atoms with Crippen LogP contribution in [-0.4, -0.2) is 94.5 Å². The number of halogens is 3. The van der Waals surface area contributed by atoms with Gasteiger partial charge in [-0.1, -0.05) is 36.9 Å². The molecule has 3 aliphatic carbocycles. The minimum absolute atomic E-state index is 0.0743.